The Morgan fingerprint density at radius 3 is 2.23 bits per heavy atom. The third kappa shape index (κ3) is 3.16. The molecule has 1 aromatic carbocycles. The molecular weight excluding hydrogens is 252 g/mol. The summed E-state index contributed by atoms with van der Waals surface area (Å²) < 4.78 is 35.4. The van der Waals surface area contributed by atoms with Crippen LogP contribution in [-0.4, -0.2) is 30.2 Å². The van der Waals surface area contributed by atoms with E-state index in [9.17, 15) is 13.2 Å². The van der Waals surface area contributed by atoms with E-state index in [4.69, 9.17) is 10.2 Å². The van der Waals surface area contributed by atoms with Crippen LogP contribution < -0.4 is 4.46 Å². The SMILES string of the molecule is Oc1ccc([Se]C(F)(F)F)c(O)c1. The maximum atomic E-state index is 11.9. The molecular formula is C7H5F3O2Se. The summed E-state index contributed by atoms with van der Waals surface area (Å²) in [5.41, 5.74) is 0. The molecule has 0 bridgehead atoms. The number of phenolic OH excluding ortho intramolecular Hbond substituents is 2. The molecule has 0 aromatic heterocycles. The Labute approximate surface area is 78.2 Å². The van der Waals surface area contributed by atoms with Crippen molar-refractivity contribution >= 4 is 19.4 Å². The van der Waals surface area contributed by atoms with E-state index in [1.54, 1.807) is 0 Å². The van der Waals surface area contributed by atoms with Gasteiger partial charge >= 0.3 is 77.6 Å². The molecule has 0 saturated carbocycles. The van der Waals surface area contributed by atoms with Gasteiger partial charge in [-0.15, -0.1) is 0 Å². The van der Waals surface area contributed by atoms with Gasteiger partial charge in [-0.2, -0.15) is 0 Å². The zero-order chi connectivity index (χ0) is 10.1. The van der Waals surface area contributed by atoms with Crippen LogP contribution in [0.3, 0.4) is 0 Å². The van der Waals surface area contributed by atoms with Crippen LogP contribution in [0.5, 0.6) is 11.5 Å². The fourth-order valence-electron chi connectivity index (χ4n) is 0.717. The third-order valence-electron chi connectivity index (χ3n) is 1.17. The summed E-state index contributed by atoms with van der Waals surface area (Å²) >= 11 is -1.77. The molecule has 2 nitrogen and oxygen atoms in total. The van der Waals surface area contributed by atoms with Crippen LogP contribution in [0.1, 0.15) is 0 Å². The molecule has 72 valence electrons. The Balaban J connectivity index is 2.90. The second-order valence-corrected chi connectivity index (χ2v) is 4.52. The van der Waals surface area contributed by atoms with Gasteiger partial charge in [0.25, 0.3) is 0 Å². The van der Waals surface area contributed by atoms with Crippen molar-refractivity contribution in [2.45, 2.75) is 5.07 Å². The quantitative estimate of drug-likeness (QED) is 0.735. The molecule has 0 amide bonds. The van der Waals surface area contributed by atoms with Crippen molar-refractivity contribution in [3.63, 3.8) is 0 Å². The predicted molar refractivity (Wildman–Crippen MR) is 41.2 cm³/mol. The summed E-state index contributed by atoms with van der Waals surface area (Å²) in [5.74, 6) is -0.767. The van der Waals surface area contributed by atoms with Crippen molar-refractivity contribution in [2.24, 2.45) is 0 Å². The van der Waals surface area contributed by atoms with Crippen molar-refractivity contribution in [3.8, 4) is 11.5 Å². The van der Waals surface area contributed by atoms with Gasteiger partial charge in [0.2, 0.25) is 0 Å². The van der Waals surface area contributed by atoms with E-state index >= 15 is 0 Å². The molecule has 1 rings (SSSR count). The van der Waals surface area contributed by atoms with Crippen molar-refractivity contribution in [2.75, 3.05) is 0 Å². The zero-order valence-corrected chi connectivity index (χ0v) is 7.88. The summed E-state index contributed by atoms with van der Waals surface area (Å²) in [6.07, 6.45) is 0. The summed E-state index contributed by atoms with van der Waals surface area (Å²) in [6.45, 7) is 0. The number of halogens is 3. The maximum absolute atomic E-state index is 11.9. The van der Waals surface area contributed by atoms with Crippen molar-refractivity contribution in [3.05, 3.63) is 18.2 Å². The van der Waals surface area contributed by atoms with E-state index in [0.29, 0.717) is 0 Å². The van der Waals surface area contributed by atoms with E-state index < -0.39 is 25.8 Å². The first-order chi connectivity index (χ1) is 5.88. The first-order valence-electron chi connectivity index (χ1n) is 3.16. The van der Waals surface area contributed by atoms with Gasteiger partial charge < -0.3 is 0 Å². The van der Waals surface area contributed by atoms with Crippen molar-refractivity contribution < 1.29 is 23.4 Å². The number of benzene rings is 1. The van der Waals surface area contributed by atoms with Gasteiger partial charge in [0, 0.05) is 0 Å². The number of rotatable bonds is 1. The Kier molecular flexibility index (Phi) is 2.73. The van der Waals surface area contributed by atoms with Crippen molar-refractivity contribution in [1.82, 2.24) is 0 Å². The van der Waals surface area contributed by atoms with Crippen LogP contribution in [0, 0.1) is 0 Å². The van der Waals surface area contributed by atoms with Crippen LogP contribution in [0.4, 0.5) is 13.2 Å². The summed E-state index contributed by atoms with van der Waals surface area (Å²) in [7, 11) is 0. The Hall–Kier alpha value is -0.871. The topological polar surface area (TPSA) is 40.5 Å². The molecule has 0 spiro atoms. The standard InChI is InChI=1S/C7H5F3O2Se/c8-7(9,10)13-6-2-1-4(11)3-5(6)12/h1-3,11-12H. The molecule has 0 fully saturated rings. The number of aromatic hydroxyl groups is 2. The second-order valence-electron chi connectivity index (χ2n) is 2.20. The summed E-state index contributed by atoms with van der Waals surface area (Å²) in [5, 5.41) is 13.5. The predicted octanol–water partition coefficient (Wildman–Crippen LogP) is 0.947. The van der Waals surface area contributed by atoms with Gasteiger partial charge in [0.1, 0.15) is 0 Å². The number of hydrogen-bond acceptors (Lipinski definition) is 2. The normalized spacial score (nSPS) is 11.6. The molecule has 2 N–H and O–H groups in total. The molecule has 0 radical (unpaired) electrons. The minimum absolute atomic E-state index is 0.183. The van der Waals surface area contributed by atoms with Crippen LogP contribution in [-0.2, 0) is 0 Å². The zero-order valence-electron chi connectivity index (χ0n) is 6.17. The Morgan fingerprint density at radius 1 is 1.15 bits per heavy atom. The monoisotopic (exact) mass is 258 g/mol. The van der Waals surface area contributed by atoms with E-state index in [0.717, 1.165) is 18.2 Å². The number of phenols is 2. The van der Waals surface area contributed by atoms with Gasteiger partial charge in [-0.1, -0.05) is 0 Å². The summed E-state index contributed by atoms with van der Waals surface area (Å²) in [4.78, 5) is 0. The molecule has 0 atom stereocenters. The van der Waals surface area contributed by atoms with Crippen molar-refractivity contribution in [1.29, 1.82) is 0 Å². The molecule has 6 heteroatoms. The van der Waals surface area contributed by atoms with E-state index in [2.05, 4.69) is 0 Å². The van der Waals surface area contributed by atoms with Crippen LogP contribution >= 0.6 is 0 Å². The molecule has 0 aliphatic rings. The number of hydrogen-bond donors (Lipinski definition) is 2. The fourth-order valence-corrected chi connectivity index (χ4v) is 1.87. The first-order valence-corrected chi connectivity index (χ1v) is 4.87. The second kappa shape index (κ2) is 3.47. The van der Waals surface area contributed by atoms with Gasteiger partial charge in [0.15, 0.2) is 0 Å². The average Bonchev–Trinajstić information content (AvgIpc) is 1.93. The number of alkyl halides is 3. The Morgan fingerprint density at radius 2 is 1.77 bits per heavy atom. The Bertz CT molecular complexity index is 311. The molecule has 1 aromatic rings. The molecule has 0 heterocycles. The third-order valence-corrected chi connectivity index (χ3v) is 2.84. The first kappa shape index (κ1) is 10.2. The molecule has 0 unspecified atom stereocenters. The average molecular weight is 257 g/mol. The molecule has 13 heavy (non-hydrogen) atoms. The van der Waals surface area contributed by atoms with Crippen LogP contribution in [0.2, 0.25) is 0 Å². The molecule has 0 saturated heterocycles. The van der Waals surface area contributed by atoms with E-state index in [1.165, 1.54) is 0 Å². The molecule has 0 aliphatic carbocycles. The van der Waals surface area contributed by atoms with Gasteiger partial charge in [0.05, 0.1) is 0 Å². The minimum atomic E-state index is -4.29. The van der Waals surface area contributed by atoms with Gasteiger partial charge in [-0.3, -0.25) is 0 Å². The van der Waals surface area contributed by atoms with Gasteiger partial charge in [-0.25, -0.2) is 0 Å². The van der Waals surface area contributed by atoms with E-state index in [1.807, 2.05) is 0 Å². The van der Waals surface area contributed by atoms with Crippen LogP contribution in [0.15, 0.2) is 18.2 Å². The van der Waals surface area contributed by atoms with Gasteiger partial charge in [-0.05, 0) is 0 Å². The summed E-state index contributed by atoms with van der Waals surface area (Å²) in [6, 6.07) is 3.07. The van der Waals surface area contributed by atoms with Crippen LogP contribution in [0.25, 0.3) is 0 Å². The van der Waals surface area contributed by atoms with E-state index in [-0.39, 0.29) is 10.2 Å². The fraction of sp³-hybridized carbons (Fsp3) is 0.143. The molecule has 0 aliphatic heterocycles.